The molecule has 1 aromatic heterocycles. The second-order valence-corrected chi connectivity index (χ2v) is 11.9. The number of fused-ring (bicyclic) bond motifs is 1. The molecular weight excluding hydrogens is 630 g/mol. The number of hydrogen-bond acceptors (Lipinski definition) is 9. The topological polar surface area (TPSA) is 250 Å². The van der Waals surface area contributed by atoms with Crippen molar-refractivity contribution >= 4 is 58.1 Å². The largest absolute Gasteiger partial charge is 0.481 e. The molecule has 0 spiro atoms. The highest BCUT2D eigenvalue weighted by Crippen LogP contribution is 2.21. The number of carbonyl (C=O) groups excluding carboxylic acids is 5. The van der Waals surface area contributed by atoms with E-state index in [2.05, 4.69) is 26.6 Å². The van der Waals surface area contributed by atoms with E-state index in [4.69, 9.17) is 4.42 Å². The number of anilines is 1. The molecule has 2 rings (SSSR count). The molecule has 5 atom stereocenters. The van der Waals surface area contributed by atoms with E-state index < -0.39 is 90.0 Å². The van der Waals surface area contributed by atoms with Gasteiger partial charge in [-0.1, -0.05) is 34.1 Å². The Morgan fingerprint density at radius 2 is 1.42 bits per heavy atom. The monoisotopic (exact) mass is 673 g/mol. The SMILES string of the molecule is CCC(C)C(NC(=O)C(CCC(=O)O)NC(=O)C(NC(C)=O)C(C)C)C(=O)NC(CC(=O)O)C(=O)Nc1ccc2c(C)cc(=O)oc2c1. The molecule has 7 N–H and O–H groups in total. The zero-order chi connectivity index (χ0) is 36.3. The maximum Gasteiger partial charge on any atom is 0.336 e. The lowest BCUT2D eigenvalue weighted by atomic mass is 9.96. The van der Waals surface area contributed by atoms with Gasteiger partial charge in [0.25, 0.3) is 0 Å². The standard InChI is InChI=1S/C32H43N5O11/c1-7-16(4)28(37-29(44)21(10-11-24(39)40)35-31(46)27(15(2)3)33-18(6)38)32(47)36-22(14-25(41)42)30(45)34-19-8-9-20-17(5)12-26(43)48-23(20)13-19/h8-9,12-13,15-16,21-22,27-28H,7,10-11,14H2,1-6H3,(H,33,38)(H,34,45)(H,35,46)(H,36,47)(H,37,44)(H,39,40)(H,41,42). The van der Waals surface area contributed by atoms with Crippen molar-refractivity contribution in [2.75, 3.05) is 5.32 Å². The summed E-state index contributed by atoms with van der Waals surface area (Å²) in [7, 11) is 0. The van der Waals surface area contributed by atoms with Crippen LogP contribution in [0.4, 0.5) is 5.69 Å². The number of benzene rings is 1. The number of aryl methyl sites for hydroxylation is 1. The molecule has 262 valence electrons. The number of rotatable bonds is 17. The number of carbonyl (C=O) groups is 7. The lowest BCUT2D eigenvalue weighted by Crippen LogP contribution is -2.60. The molecule has 5 amide bonds. The van der Waals surface area contributed by atoms with E-state index in [9.17, 15) is 48.6 Å². The Morgan fingerprint density at radius 1 is 0.792 bits per heavy atom. The van der Waals surface area contributed by atoms with Gasteiger partial charge in [-0.15, -0.1) is 0 Å². The van der Waals surface area contributed by atoms with E-state index >= 15 is 0 Å². The molecule has 1 heterocycles. The van der Waals surface area contributed by atoms with E-state index in [0.717, 1.165) is 0 Å². The predicted molar refractivity (Wildman–Crippen MR) is 173 cm³/mol. The molecule has 0 saturated heterocycles. The van der Waals surface area contributed by atoms with Crippen molar-refractivity contribution in [1.29, 1.82) is 0 Å². The van der Waals surface area contributed by atoms with Gasteiger partial charge in [0.15, 0.2) is 0 Å². The van der Waals surface area contributed by atoms with E-state index in [1.54, 1.807) is 40.7 Å². The van der Waals surface area contributed by atoms with Crippen molar-refractivity contribution in [3.05, 3.63) is 40.2 Å². The maximum absolute atomic E-state index is 13.5. The Morgan fingerprint density at radius 3 is 1.98 bits per heavy atom. The van der Waals surface area contributed by atoms with Gasteiger partial charge in [0.2, 0.25) is 29.5 Å². The van der Waals surface area contributed by atoms with Crippen LogP contribution in [-0.4, -0.2) is 75.9 Å². The summed E-state index contributed by atoms with van der Waals surface area (Å²) >= 11 is 0. The number of amides is 5. The van der Waals surface area contributed by atoms with Gasteiger partial charge in [0.1, 0.15) is 29.8 Å². The highest BCUT2D eigenvalue weighted by molar-refractivity contribution is 6.01. The van der Waals surface area contributed by atoms with Crippen molar-refractivity contribution in [2.45, 2.75) is 91.4 Å². The number of carboxylic acid groups (broad SMARTS) is 2. The molecule has 0 aliphatic heterocycles. The lowest BCUT2D eigenvalue weighted by Gasteiger charge is -2.29. The number of carboxylic acids is 2. The molecule has 0 radical (unpaired) electrons. The Kier molecular flexibility index (Phi) is 14.3. The molecule has 1 aromatic carbocycles. The lowest BCUT2D eigenvalue weighted by molar-refractivity contribution is -0.141. The predicted octanol–water partition coefficient (Wildman–Crippen LogP) is 1.04. The first kappa shape index (κ1) is 38.9. The minimum Gasteiger partial charge on any atom is -0.481 e. The second-order valence-electron chi connectivity index (χ2n) is 11.9. The summed E-state index contributed by atoms with van der Waals surface area (Å²) in [6.07, 6.45) is -1.33. The Bertz CT molecular complexity index is 1600. The Labute approximate surface area is 276 Å². The number of nitrogens with one attached hydrogen (secondary N) is 5. The van der Waals surface area contributed by atoms with Crippen LogP contribution in [0.3, 0.4) is 0 Å². The highest BCUT2D eigenvalue weighted by atomic mass is 16.4. The molecule has 5 unspecified atom stereocenters. The average molecular weight is 674 g/mol. The molecule has 16 heteroatoms. The summed E-state index contributed by atoms with van der Waals surface area (Å²) in [5.74, 6) is -7.54. The van der Waals surface area contributed by atoms with Crippen LogP contribution in [0.15, 0.2) is 33.5 Å². The van der Waals surface area contributed by atoms with Crippen LogP contribution in [0.2, 0.25) is 0 Å². The molecule has 48 heavy (non-hydrogen) atoms. The number of hydrogen-bond donors (Lipinski definition) is 7. The Balaban J connectivity index is 2.31. The van der Waals surface area contributed by atoms with Crippen LogP contribution >= 0.6 is 0 Å². The van der Waals surface area contributed by atoms with E-state index in [1.165, 1.54) is 25.1 Å². The fourth-order valence-electron chi connectivity index (χ4n) is 4.79. The van der Waals surface area contributed by atoms with Crippen molar-refractivity contribution in [3.8, 4) is 0 Å². The van der Waals surface area contributed by atoms with Crippen molar-refractivity contribution in [1.82, 2.24) is 21.3 Å². The molecule has 0 saturated carbocycles. The van der Waals surface area contributed by atoms with Gasteiger partial charge in [-0.2, -0.15) is 0 Å². The Hall–Kier alpha value is -5.28. The van der Waals surface area contributed by atoms with Gasteiger partial charge in [0.05, 0.1) is 6.42 Å². The third kappa shape index (κ3) is 11.5. The fourth-order valence-corrected chi connectivity index (χ4v) is 4.79. The first-order valence-electron chi connectivity index (χ1n) is 15.4. The van der Waals surface area contributed by atoms with Gasteiger partial charge in [0, 0.05) is 36.6 Å². The van der Waals surface area contributed by atoms with Crippen LogP contribution in [0, 0.1) is 18.8 Å². The minimum absolute atomic E-state index is 0.161. The second kappa shape index (κ2) is 17.6. The van der Waals surface area contributed by atoms with E-state index in [0.29, 0.717) is 17.4 Å². The molecular formula is C32H43N5O11. The maximum atomic E-state index is 13.5. The summed E-state index contributed by atoms with van der Waals surface area (Å²) in [5.41, 5.74) is 0.381. The van der Waals surface area contributed by atoms with Crippen molar-refractivity contribution < 1.29 is 48.2 Å². The highest BCUT2D eigenvalue weighted by Gasteiger charge is 2.34. The summed E-state index contributed by atoms with van der Waals surface area (Å²) in [5, 5.41) is 31.7. The normalized spacial score (nSPS) is 14.1. The smallest absolute Gasteiger partial charge is 0.336 e. The zero-order valence-electron chi connectivity index (χ0n) is 27.7. The molecule has 0 aliphatic rings. The first-order chi connectivity index (χ1) is 22.4. The quantitative estimate of drug-likeness (QED) is 0.117. The third-order valence-corrected chi connectivity index (χ3v) is 7.61. The summed E-state index contributed by atoms with van der Waals surface area (Å²) in [6.45, 7) is 9.60. The zero-order valence-corrected chi connectivity index (χ0v) is 27.7. The van der Waals surface area contributed by atoms with Gasteiger partial charge < -0.3 is 41.2 Å². The molecule has 2 aromatic rings. The minimum atomic E-state index is -1.61. The van der Waals surface area contributed by atoms with Crippen molar-refractivity contribution in [3.63, 3.8) is 0 Å². The van der Waals surface area contributed by atoms with Gasteiger partial charge in [-0.05, 0) is 42.9 Å². The molecule has 0 bridgehead atoms. The molecule has 0 aliphatic carbocycles. The third-order valence-electron chi connectivity index (χ3n) is 7.61. The van der Waals surface area contributed by atoms with Crippen LogP contribution in [0.5, 0.6) is 0 Å². The molecule has 0 fully saturated rings. The van der Waals surface area contributed by atoms with Crippen LogP contribution in [-0.2, 0) is 33.6 Å². The number of aliphatic carboxylic acids is 2. The van der Waals surface area contributed by atoms with Gasteiger partial charge >= 0.3 is 17.6 Å². The fraction of sp³-hybridized carbons (Fsp3) is 0.500. The van der Waals surface area contributed by atoms with Crippen LogP contribution < -0.4 is 32.2 Å². The summed E-state index contributed by atoms with van der Waals surface area (Å²) < 4.78 is 5.19. The average Bonchev–Trinajstić information content (AvgIpc) is 2.98. The first-order valence-corrected chi connectivity index (χ1v) is 15.4. The van der Waals surface area contributed by atoms with Crippen LogP contribution in [0.25, 0.3) is 11.0 Å². The van der Waals surface area contributed by atoms with Gasteiger partial charge in [-0.25, -0.2) is 4.79 Å². The van der Waals surface area contributed by atoms with E-state index in [1.807, 2.05) is 0 Å². The van der Waals surface area contributed by atoms with Crippen molar-refractivity contribution in [2.24, 2.45) is 11.8 Å². The van der Waals surface area contributed by atoms with E-state index in [-0.39, 0.29) is 23.6 Å². The van der Waals surface area contributed by atoms with Gasteiger partial charge in [-0.3, -0.25) is 33.6 Å². The molecule has 16 nitrogen and oxygen atoms in total. The summed E-state index contributed by atoms with van der Waals surface area (Å²) in [6, 6.07) is 0.410. The summed E-state index contributed by atoms with van der Waals surface area (Å²) in [4.78, 5) is 99.6. The van der Waals surface area contributed by atoms with Crippen LogP contribution in [0.1, 0.15) is 65.9 Å².